The first-order valence-corrected chi connectivity index (χ1v) is 9.65. The Labute approximate surface area is 163 Å². The van der Waals surface area contributed by atoms with E-state index < -0.39 is 0 Å². The molecule has 144 valence electrons. The minimum Gasteiger partial charge on any atom is -0.494 e. The maximum atomic E-state index is 5.94. The van der Waals surface area contributed by atoms with E-state index in [0.29, 0.717) is 6.61 Å². The monoisotopic (exact) mass is 378 g/mol. The van der Waals surface area contributed by atoms with Crippen LogP contribution >= 0.6 is 0 Å². The second-order valence-corrected chi connectivity index (χ2v) is 6.95. The molecule has 3 aromatic rings. The van der Waals surface area contributed by atoms with Crippen LogP contribution in [0, 0.1) is 0 Å². The van der Waals surface area contributed by atoms with Gasteiger partial charge in [-0.1, -0.05) is 6.07 Å². The number of nitrogens with zero attached hydrogens (tertiary/aromatic N) is 2. The molecule has 2 bridgehead atoms. The third kappa shape index (κ3) is 3.29. The van der Waals surface area contributed by atoms with Crippen molar-refractivity contribution >= 4 is 22.4 Å². The van der Waals surface area contributed by atoms with Crippen molar-refractivity contribution in [3.8, 4) is 17.2 Å². The van der Waals surface area contributed by atoms with Crippen LogP contribution in [0.25, 0.3) is 10.9 Å². The molecule has 3 heterocycles. The molecule has 7 heteroatoms. The Bertz CT molecular complexity index is 1010. The zero-order chi connectivity index (χ0) is 18.8. The third-order valence-electron chi connectivity index (χ3n) is 5.06. The van der Waals surface area contributed by atoms with Crippen molar-refractivity contribution in [3.63, 3.8) is 0 Å². The van der Waals surface area contributed by atoms with Crippen molar-refractivity contribution in [1.82, 2.24) is 15.3 Å². The third-order valence-corrected chi connectivity index (χ3v) is 5.06. The number of hydrogen-bond donors (Lipinski definition) is 2. The van der Waals surface area contributed by atoms with Gasteiger partial charge in [0.1, 0.15) is 17.9 Å². The lowest BCUT2D eigenvalue weighted by molar-refractivity contribution is 0.174. The molecule has 7 nitrogen and oxygen atoms in total. The van der Waals surface area contributed by atoms with Crippen molar-refractivity contribution in [2.24, 2.45) is 0 Å². The standard InChI is InChI=1S/C21H22N4O3/c1-2-8-22-11-14-4-7-18-20(28-13-27-18)19(14)25-21-16-10-15(26-9-3-1)5-6-17(16)23-12-24-21/h4-7,10,12,22H,1-3,8-9,11,13H2,(H,23,24,25). The highest BCUT2D eigenvalue weighted by Crippen LogP contribution is 2.43. The molecule has 1 aromatic heterocycles. The summed E-state index contributed by atoms with van der Waals surface area (Å²) in [4.78, 5) is 8.88. The summed E-state index contributed by atoms with van der Waals surface area (Å²) < 4.78 is 17.3. The molecule has 0 aliphatic carbocycles. The largest absolute Gasteiger partial charge is 0.494 e. The van der Waals surface area contributed by atoms with Gasteiger partial charge in [-0.3, -0.25) is 0 Å². The molecule has 0 fully saturated rings. The number of anilines is 2. The van der Waals surface area contributed by atoms with Gasteiger partial charge in [0.15, 0.2) is 11.5 Å². The molecule has 0 spiro atoms. The first-order chi connectivity index (χ1) is 13.9. The van der Waals surface area contributed by atoms with E-state index in [0.717, 1.165) is 77.6 Å². The highest BCUT2D eigenvalue weighted by atomic mass is 16.7. The van der Waals surface area contributed by atoms with Gasteiger partial charge in [-0.15, -0.1) is 0 Å². The van der Waals surface area contributed by atoms with Crippen molar-refractivity contribution in [2.45, 2.75) is 25.8 Å². The van der Waals surface area contributed by atoms with Crippen LogP contribution < -0.4 is 24.8 Å². The molecule has 2 aliphatic rings. The van der Waals surface area contributed by atoms with Crippen LogP contribution in [-0.4, -0.2) is 29.9 Å². The van der Waals surface area contributed by atoms with Crippen LogP contribution in [0.1, 0.15) is 24.8 Å². The highest BCUT2D eigenvalue weighted by molar-refractivity contribution is 5.92. The van der Waals surface area contributed by atoms with Gasteiger partial charge in [0.05, 0.1) is 17.8 Å². The summed E-state index contributed by atoms with van der Waals surface area (Å²) in [7, 11) is 0. The molecule has 0 amide bonds. The topological polar surface area (TPSA) is 77.5 Å². The molecule has 5 rings (SSSR count). The number of nitrogens with one attached hydrogen (secondary N) is 2. The number of fused-ring (bicyclic) bond motifs is 4. The maximum Gasteiger partial charge on any atom is 0.231 e. The fraction of sp³-hybridized carbons (Fsp3) is 0.333. The Kier molecular flexibility index (Phi) is 4.58. The first-order valence-electron chi connectivity index (χ1n) is 9.65. The van der Waals surface area contributed by atoms with E-state index >= 15 is 0 Å². The zero-order valence-electron chi connectivity index (χ0n) is 15.5. The molecule has 0 saturated carbocycles. The number of benzene rings is 2. The molecule has 0 saturated heterocycles. The second-order valence-electron chi connectivity index (χ2n) is 6.95. The van der Waals surface area contributed by atoms with Crippen molar-refractivity contribution in [1.29, 1.82) is 0 Å². The summed E-state index contributed by atoms with van der Waals surface area (Å²) in [6.45, 7) is 2.63. The lowest BCUT2D eigenvalue weighted by Gasteiger charge is -2.16. The lowest BCUT2D eigenvalue weighted by Crippen LogP contribution is -2.16. The Morgan fingerprint density at radius 3 is 2.93 bits per heavy atom. The minimum absolute atomic E-state index is 0.226. The molecule has 2 aromatic carbocycles. The molecular weight excluding hydrogens is 356 g/mol. The summed E-state index contributed by atoms with van der Waals surface area (Å²) in [5.74, 6) is 3.02. The predicted octanol–water partition coefficient (Wildman–Crippen LogP) is 3.75. The van der Waals surface area contributed by atoms with Crippen molar-refractivity contribution in [2.75, 3.05) is 25.3 Å². The minimum atomic E-state index is 0.226. The van der Waals surface area contributed by atoms with E-state index in [9.17, 15) is 0 Å². The first kappa shape index (κ1) is 17.1. The van der Waals surface area contributed by atoms with Crippen LogP contribution in [0.4, 0.5) is 11.5 Å². The molecule has 28 heavy (non-hydrogen) atoms. The van der Waals surface area contributed by atoms with Gasteiger partial charge in [-0.05, 0) is 55.6 Å². The van der Waals surface area contributed by atoms with Crippen LogP contribution in [0.15, 0.2) is 36.7 Å². The Morgan fingerprint density at radius 1 is 0.929 bits per heavy atom. The van der Waals surface area contributed by atoms with Gasteiger partial charge in [-0.2, -0.15) is 0 Å². The van der Waals surface area contributed by atoms with E-state index in [2.05, 4.69) is 26.7 Å². The number of hydrogen-bond acceptors (Lipinski definition) is 7. The summed E-state index contributed by atoms with van der Waals surface area (Å²) >= 11 is 0. The van der Waals surface area contributed by atoms with Crippen LogP contribution in [0.2, 0.25) is 0 Å². The Hall–Kier alpha value is -3.06. The van der Waals surface area contributed by atoms with Crippen molar-refractivity contribution in [3.05, 3.63) is 42.2 Å². The SMILES string of the molecule is c1nc2c3cc(ccc3n1)OCCCCCNCc1ccc3c(c1N2)OCO3. The number of aromatic nitrogens is 2. The second kappa shape index (κ2) is 7.52. The average molecular weight is 378 g/mol. The molecule has 2 N–H and O–H groups in total. The molecule has 0 atom stereocenters. The van der Waals surface area contributed by atoms with Crippen LogP contribution in [-0.2, 0) is 6.54 Å². The summed E-state index contributed by atoms with van der Waals surface area (Å²) in [5, 5.41) is 7.91. The average Bonchev–Trinajstić information content (AvgIpc) is 3.20. The van der Waals surface area contributed by atoms with Gasteiger partial charge >= 0.3 is 0 Å². The number of ether oxygens (including phenoxy) is 3. The summed E-state index contributed by atoms with van der Waals surface area (Å²) in [6.07, 6.45) is 4.84. The summed E-state index contributed by atoms with van der Waals surface area (Å²) in [6, 6.07) is 9.95. The van der Waals surface area contributed by atoms with Gasteiger partial charge < -0.3 is 24.8 Å². The van der Waals surface area contributed by atoms with Crippen LogP contribution in [0.3, 0.4) is 0 Å². The van der Waals surface area contributed by atoms with E-state index in [1.165, 1.54) is 0 Å². The van der Waals surface area contributed by atoms with Crippen molar-refractivity contribution < 1.29 is 14.2 Å². The van der Waals surface area contributed by atoms with Gasteiger partial charge in [0, 0.05) is 11.9 Å². The summed E-state index contributed by atoms with van der Waals surface area (Å²) in [5.41, 5.74) is 2.85. The van der Waals surface area contributed by atoms with E-state index in [1.807, 2.05) is 24.3 Å². The van der Waals surface area contributed by atoms with Crippen LogP contribution in [0.5, 0.6) is 17.2 Å². The molecule has 0 unspecified atom stereocenters. The predicted molar refractivity (Wildman–Crippen MR) is 106 cm³/mol. The van der Waals surface area contributed by atoms with E-state index in [-0.39, 0.29) is 6.79 Å². The van der Waals surface area contributed by atoms with Gasteiger partial charge in [0.2, 0.25) is 6.79 Å². The fourth-order valence-electron chi connectivity index (χ4n) is 3.58. The van der Waals surface area contributed by atoms with Gasteiger partial charge in [-0.25, -0.2) is 9.97 Å². The molecule has 2 aliphatic heterocycles. The maximum absolute atomic E-state index is 5.94. The Morgan fingerprint density at radius 2 is 1.93 bits per heavy atom. The normalized spacial score (nSPS) is 16.6. The molecule has 0 radical (unpaired) electrons. The zero-order valence-corrected chi connectivity index (χ0v) is 15.5. The highest BCUT2D eigenvalue weighted by Gasteiger charge is 2.22. The lowest BCUT2D eigenvalue weighted by atomic mass is 10.1. The van der Waals surface area contributed by atoms with E-state index in [4.69, 9.17) is 14.2 Å². The Balaban J connectivity index is 1.61. The fourth-order valence-corrected chi connectivity index (χ4v) is 3.58. The van der Waals surface area contributed by atoms with E-state index in [1.54, 1.807) is 6.33 Å². The quantitative estimate of drug-likeness (QED) is 0.617. The molecular formula is C21H22N4O3. The van der Waals surface area contributed by atoms with Gasteiger partial charge in [0.25, 0.3) is 0 Å². The number of rotatable bonds is 0. The smallest absolute Gasteiger partial charge is 0.231 e.